The summed E-state index contributed by atoms with van der Waals surface area (Å²) >= 11 is 0. The third kappa shape index (κ3) is 4.84. The first-order valence-corrected chi connectivity index (χ1v) is 7.79. The van der Waals surface area contributed by atoms with Crippen LogP contribution < -0.4 is 10.1 Å². The molecular formula is C19H21NO4. The van der Waals surface area contributed by atoms with Gasteiger partial charge in [-0.25, -0.2) is 0 Å². The van der Waals surface area contributed by atoms with Gasteiger partial charge in [-0.15, -0.1) is 0 Å². The van der Waals surface area contributed by atoms with Crippen molar-refractivity contribution in [3.8, 4) is 5.75 Å². The lowest BCUT2D eigenvalue weighted by Gasteiger charge is -2.14. The van der Waals surface area contributed by atoms with Gasteiger partial charge in [0.05, 0.1) is 13.0 Å². The van der Waals surface area contributed by atoms with Crippen molar-refractivity contribution < 1.29 is 19.1 Å². The first-order chi connectivity index (χ1) is 11.6. The van der Waals surface area contributed by atoms with E-state index in [4.69, 9.17) is 9.47 Å². The number of ether oxygens (including phenoxy) is 2. The molecular weight excluding hydrogens is 306 g/mol. The van der Waals surface area contributed by atoms with E-state index in [1.54, 1.807) is 31.4 Å². The molecule has 5 nitrogen and oxygen atoms in total. The summed E-state index contributed by atoms with van der Waals surface area (Å²) in [5.74, 6) is -0.432. The van der Waals surface area contributed by atoms with Crippen LogP contribution in [0.2, 0.25) is 0 Å². The summed E-state index contributed by atoms with van der Waals surface area (Å²) in [7, 11) is 1.57. The molecule has 0 aromatic heterocycles. The van der Waals surface area contributed by atoms with Crippen LogP contribution in [0.25, 0.3) is 0 Å². The summed E-state index contributed by atoms with van der Waals surface area (Å²) in [5.41, 5.74) is 1.51. The van der Waals surface area contributed by atoms with Crippen LogP contribution in [0.4, 0.5) is 5.69 Å². The number of amides is 1. The van der Waals surface area contributed by atoms with E-state index in [1.807, 2.05) is 37.3 Å². The van der Waals surface area contributed by atoms with Crippen LogP contribution >= 0.6 is 0 Å². The van der Waals surface area contributed by atoms with Crippen molar-refractivity contribution in [1.82, 2.24) is 0 Å². The van der Waals surface area contributed by atoms with Gasteiger partial charge in [0.15, 0.2) is 6.61 Å². The standard InChI is InChI=1S/C19H21NO4/c1-3-17(14-7-5-4-6-8-14)19(22)24-13-18(21)20-15-9-11-16(23-2)12-10-15/h4-12,17H,3,13H2,1-2H3,(H,20,21)/t17-/m0/s1. The Hall–Kier alpha value is -2.82. The monoisotopic (exact) mass is 327 g/mol. The Morgan fingerprint density at radius 3 is 2.29 bits per heavy atom. The largest absolute Gasteiger partial charge is 0.497 e. The maximum atomic E-state index is 12.2. The molecule has 0 fully saturated rings. The second-order valence-electron chi connectivity index (χ2n) is 5.26. The van der Waals surface area contributed by atoms with Crippen molar-refractivity contribution in [3.05, 3.63) is 60.2 Å². The molecule has 1 N–H and O–H groups in total. The van der Waals surface area contributed by atoms with Gasteiger partial charge in [0.25, 0.3) is 5.91 Å². The molecule has 126 valence electrons. The molecule has 2 aromatic rings. The highest BCUT2D eigenvalue weighted by molar-refractivity contribution is 5.93. The van der Waals surface area contributed by atoms with Crippen molar-refractivity contribution in [2.45, 2.75) is 19.3 Å². The SMILES string of the molecule is CC[C@H](C(=O)OCC(=O)Nc1ccc(OC)cc1)c1ccccc1. The maximum Gasteiger partial charge on any atom is 0.313 e. The van der Waals surface area contributed by atoms with Crippen LogP contribution in [0.3, 0.4) is 0 Å². The van der Waals surface area contributed by atoms with Gasteiger partial charge in [0.2, 0.25) is 0 Å². The fourth-order valence-electron chi connectivity index (χ4n) is 2.33. The summed E-state index contributed by atoms with van der Waals surface area (Å²) in [4.78, 5) is 24.1. The number of hydrogen-bond acceptors (Lipinski definition) is 4. The fraction of sp³-hybridized carbons (Fsp3) is 0.263. The smallest absolute Gasteiger partial charge is 0.313 e. The summed E-state index contributed by atoms with van der Waals surface area (Å²) in [6, 6.07) is 16.3. The van der Waals surface area contributed by atoms with E-state index in [0.29, 0.717) is 17.9 Å². The molecule has 5 heteroatoms. The quantitative estimate of drug-likeness (QED) is 0.792. The molecule has 24 heavy (non-hydrogen) atoms. The normalized spacial score (nSPS) is 11.4. The first-order valence-electron chi connectivity index (χ1n) is 7.79. The number of carbonyl (C=O) groups excluding carboxylic acids is 2. The molecule has 1 atom stereocenters. The summed E-state index contributed by atoms with van der Waals surface area (Å²) in [6.07, 6.45) is 0.614. The minimum Gasteiger partial charge on any atom is -0.497 e. The van der Waals surface area contributed by atoms with Gasteiger partial charge in [0.1, 0.15) is 5.75 Å². The molecule has 0 spiro atoms. The average Bonchev–Trinajstić information content (AvgIpc) is 2.62. The predicted molar refractivity (Wildman–Crippen MR) is 92.1 cm³/mol. The Morgan fingerprint density at radius 1 is 1.04 bits per heavy atom. The topological polar surface area (TPSA) is 64.6 Å². The average molecular weight is 327 g/mol. The van der Waals surface area contributed by atoms with Gasteiger partial charge in [-0.3, -0.25) is 9.59 Å². The van der Waals surface area contributed by atoms with Gasteiger partial charge in [-0.1, -0.05) is 37.3 Å². The van der Waals surface area contributed by atoms with Gasteiger partial charge >= 0.3 is 5.97 Å². The molecule has 1 amide bonds. The Balaban J connectivity index is 1.86. The Bertz CT molecular complexity index is 668. The lowest BCUT2D eigenvalue weighted by atomic mass is 9.97. The zero-order valence-electron chi connectivity index (χ0n) is 13.8. The molecule has 0 radical (unpaired) electrons. The fourth-order valence-corrected chi connectivity index (χ4v) is 2.33. The highest BCUT2D eigenvalue weighted by atomic mass is 16.5. The lowest BCUT2D eigenvalue weighted by molar-refractivity contribution is -0.149. The molecule has 0 aliphatic rings. The van der Waals surface area contributed by atoms with Crippen molar-refractivity contribution in [1.29, 1.82) is 0 Å². The zero-order valence-corrected chi connectivity index (χ0v) is 13.8. The van der Waals surface area contributed by atoms with Crippen LogP contribution in [-0.4, -0.2) is 25.6 Å². The number of methoxy groups -OCH3 is 1. The first kappa shape index (κ1) is 17.5. The number of benzene rings is 2. The molecule has 2 rings (SSSR count). The van der Waals surface area contributed by atoms with E-state index in [9.17, 15) is 9.59 Å². The molecule has 0 heterocycles. The van der Waals surface area contributed by atoms with Crippen LogP contribution in [0.15, 0.2) is 54.6 Å². The van der Waals surface area contributed by atoms with Crippen LogP contribution in [0, 0.1) is 0 Å². The van der Waals surface area contributed by atoms with E-state index in [1.165, 1.54) is 0 Å². The van der Waals surface area contributed by atoms with E-state index in [0.717, 1.165) is 5.56 Å². The molecule has 0 unspecified atom stereocenters. The number of carbonyl (C=O) groups is 2. The molecule has 0 saturated carbocycles. The molecule has 0 aliphatic heterocycles. The van der Waals surface area contributed by atoms with Crippen molar-refractivity contribution >= 4 is 17.6 Å². The summed E-state index contributed by atoms with van der Waals surface area (Å²) < 4.78 is 10.2. The van der Waals surface area contributed by atoms with Crippen LogP contribution in [-0.2, 0) is 14.3 Å². The summed E-state index contributed by atoms with van der Waals surface area (Å²) in [5, 5.41) is 2.67. The number of hydrogen-bond donors (Lipinski definition) is 1. The van der Waals surface area contributed by atoms with Crippen LogP contribution in [0.5, 0.6) is 5.75 Å². The Morgan fingerprint density at radius 2 is 1.71 bits per heavy atom. The van der Waals surface area contributed by atoms with Gasteiger partial charge in [-0.2, -0.15) is 0 Å². The highest BCUT2D eigenvalue weighted by Gasteiger charge is 2.20. The predicted octanol–water partition coefficient (Wildman–Crippen LogP) is 3.37. The van der Waals surface area contributed by atoms with E-state index in [-0.39, 0.29) is 18.4 Å². The highest BCUT2D eigenvalue weighted by Crippen LogP contribution is 2.20. The second kappa shape index (κ2) is 8.72. The number of nitrogens with one attached hydrogen (secondary N) is 1. The lowest BCUT2D eigenvalue weighted by Crippen LogP contribution is -2.23. The number of esters is 1. The van der Waals surface area contributed by atoms with E-state index < -0.39 is 5.97 Å². The Kier molecular flexibility index (Phi) is 6.37. The minimum atomic E-state index is -0.395. The third-order valence-corrected chi connectivity index (χ3v) is 3.61. The van der Waals surface area contributed by atoms with Gasteiger partial charge < -0.3 is 14.8 Å². The van der Waals surface area contributed by atoms with Gasteiger partial charge in [0, 0.05) is 5.69 Å². The van der Waals surface area contributed by atoms with E-state index >= 15 is 0 Å². The number of rotatable bonds is 7. The second-order valence-corrected chi connectivity index (χ2v) is 5.26. The zero-order chi connectivity index (χ0) is 17.4. The van der Waals surface area contributed by atoms with Crippen molar-refractivity contribution in [2.24, 2.45) is 0 Å². The molecule has 0 saturated heterocycles. The van der Waals surface area contributed by atoms with Crippen molar-refractivity contribution in [2.75, 3.05) is 19.0 Å². The molecule has 0 bridgehead atoms. The van der Waals surface area contributed by atoms with Crippen molar-refractivity contribution in [3.63, 3.8) is 0 Å². The summed E-state index contributed by atoms with van der Waals surface area (Å²) in [6.45, 7) is 1.60. The number of anilines is 1. The minimum absolute atomic E-state index is 0.311. The van der Waals surface area contributed by atoms with E-state index in [2.05, 4.69) is 5.32 Å². The van der Waals surface area contributed by atoms with Crippen LogP contribution in [0.1, 0.15) is 24.8 Å². The molecule has 0 aliphatic carbocycles. The molecule has 2 aromatic carbocycles. The third-order valence-electron chi connectivity index (χ3n) is 3.61. The van der Waals surface area contributed by atoms with Gasteiger partial charge in [-0.05, 0) is 36.2 Å². The maximum absolute atomic E-state index is 12.2. The Labute approximate surface area is 141 Å².